The molecule has 74 heavy (non-hydrogen) atoms. The van der Waals surface area contributed by atoms with Gasteiger partial charge in [-0.3, -0.25) is 0 Å². The Kier molecular flexibility index (Phi) is 19.5. The van der Waals surface area contributed by atoms with E-state index in [4.69, 9.17) is 0 Å². The zero-order valence-electron chi connectivity index (χ0n) is 45.3. The third-order valence-corrected chi connectivity index (χ3v) is 13.8. The van der Waals surface area contributed by atoms with Gasteiger partial charge in [-0.2, -0.15) is 0 Å². The van der Waals surface area contributed by atoms with Gasteiger partial charge in [-0.05, 0) is 129 Å². The van der Waals surface area contributed by atoms with E-state index >= 15 is 0 Å². The lowest BCUT2D eigenvalue weighted by Gasteiger charge is -2.21. The Labute approximate surface area is 445 Å². The molecule has 0 spiro atoms. The molecule has 10 rings (SSSR count). The fraction of sp³-hybridized carbons (Fsp3) is 0.189. The van der Waals surface area contributed by atoms with Crippen molar-refractivity contribution >= 4 is 16.7 Å². The third kappa shape index (κ3) is 14.5. The predicted molar refractivity (Wildman–Crippen MR) is 325 cm³/mol. The molecule has 0 amide bonds. The summed E-state index contributed by atoms with van der Waals surface area (Å²) in [5.41, 5.74) is 25.2. The Hall–Kier alpha value is -7.80. The van der Waals surface area contributed by atoms with Crippen molar-refractivity contribution in [1.29, 1.82) is 0 Å². The first-order valence-corrected chi connectivity index (χ1v) is 26.8. The molecule has 0 unspecified atom stereocenters. The van der Waals surface area contributed by atoms with Gasteiger partial charge in [0.25, 0.3) is 0 Å². The maximum absolute atomic E-state index is 3.83. The Morgan fingerprint density at radius 3 is 1.39 bits per heavy atom. The highest BCUT2D eigenvalue weighted by Crippen LogP contribution is 2.48. The van der Waals surface area contributed by atoms with E-state index in [1.165, 1.54) is 107 Å². The summed E-state index contributed by atoms with van der Waals surface area (Å²) in [6.45, 7) is 21.4. The van der Waals surface area contributed by atoms with Gasteiger partial charge < -0.3 is 0 Å². The van der Waals surface area contributed by atoms with Crippen LogP contribution in [0.4, 0.5) is 0 Å². The van der Waals surface area contributed by atoms with E-state index in [0.29, 0.717) is 0 Å². The lowest BCUT2D eigenvalue weighted by molar-refractivity contribution is 0.660. The second-order valence-corrected chi connectivity index (χ2v) is 20.1. The van der Waals surface area contributed by atoms with Crippen LogP contribution in [-0.2, 0) is 11.8 Å². The molecule has 0 N–H and O–H groups in total. The number of fused-ring (bicyclic) bond motifs is 3. The average molecular weight is 965 g/mol. The number of rotatable bonds is 12. The summed E-state index contributed by atoms with van der Waals surface area (Å²) in [6.07, 6.45) is 10.3. The Morgan fingerprint density at radius 2 is 0.878 bits per heavy atom. The fourth-order valence-electron chi connectivity index (χ4n) is 9.67. The number of benzene rings is 9. The van der Waals surface area contributed by atoms with E-state index in [2.05, 4.69) is 280 Å². The number of hydrogen-bond acceptors (Lipinski definition) is 0. The van der Waals surface area contributed by atoms with Gasteiger partial charge in [0.05, 0.1) is 0 Å². The van der Waals surface area contributed by atoms with Gasteiger partial charge in [-0.15, -0.1) is 0 Å². The molecule has 0 bridgehead atoms. The number of allylic oxidation sites excluding steroid dienone is 5. The molecule has 0 radical (unpaired) electrons. The molecular formula is C74H76. The van der Waals surface area contributed by atoms with Gasteiger partial charge in [-0.25, -0.2) is 0 Å². The summed E-state index contributed by atoms with van der Waals surface area (Å²) in [4.78, 5) is 0. The Balaban J connectivity index is 0.000000153. The molecule has 0 heteroatoms. The van der Waals surface area contributed by atoms with Crippen molar-refractivity contribution in [3.05, 3.63) is 294 Å². The second-order valence-electron chi connectivity index (χ2n) is 20.1. The van der Waals surface area contributed by atoms with Crippen LogP contribution in [0.2, 0.25) is 0 Å². The lowest BCUT2D eigenvalue weighted by atomic mass is 9.82. The highest BCUT2D eigenvalue weighted by atomic mass is 14.4. The van der Waals surface area contributed by atoms with Crippen LogP contribution >= 0.6 is 0 Å². The van der Waals surface area contributed by atoms with E-state index in [1.54, 1.807) is 0 Å². The van der Waals surface area contributed by atoms with Crippen LogP contribution in [0.15, 0.2) is 249 Å². The van der Waals surface area contributed by atoms with Crippen LogP contribution < -0.4 is 0 Å². The summed E-state index contributed by atoms with van der Waals surface area (Å²) in [6, 6.07) is 82.4. The highest BCUT2D eigenvalue weighted by Gasteiger charge is 2.34. The summed E-state index contributed by atoms with van der Waals surface area (Å²) < 4.78 is 0. The van der Waals surface area contributed by atoms with Gasteiger partial charge in [-0.1, -0.05) is 313 Å². The van der Waals surface area contributed by atoms with Crippen LogP contribution in [0, 0.1) is 13.8 Å². The maximum Gasteiger partial charge on any atom is 0.0158 e. The zero-order valence-corrected chi connectivity index (χ0v) is 45.3. The first kappa shape index (κ1) is 54.0. The summed E-state index contributed by atoms with van der Waals surface area (Å²) in [5, 5.41) is 0. The fourth-order valence-corrected chi connectivity index (χ4v) is 9.67. The standard InChI is InChI=1S/C28H30.C21H20.C16H16.C9H10/c1-4-9-27(23-11-7-6-8-12-23)21-28(10-5-2)26-19-17-25(18-20-26)24-15-13-22(3)14-16-24;1-2-6-17-9-11-19(12-10-17)21-15-13-20(14-16-21)18-7-4-3-5-8-18;1-11-8-9-13-12-6-4-5-7-14(12)16(2,3)15(13)10-11;1-8(2)9-6-4-3-5-7-9/h6-9,11-21H,4-5,10H2,1-3H3;3-5,7-16H,2,6H2,1H3;4-10H,1-3H3;3-7H,1H2,2H3/b27-9-,28-21+;;;. The minimum atomic E-state index is 0.151. The predicted octanol–water partition coefficient (Wildman–Crippen LogP) is 21.3. The van der Waals surface area contributed by atoms with Crippen LogP contribution in [0.25, 0.3) is 61.2 Å². The third-order valence-electron chi connectivity index (χ3n) is 13.8. The molecule has 0 atom stereocenters. The quantitative estimate of drug-likeness (QED) is 0.107. The molecule has 1 aliphatic rings. The van der Waals surface area contributed by atoms with Gasteiger partial charge in [0, 0.05) is 5.41 Å². The normalized spacial score (nSPS) is 12.1. The van der Waals surface area contributed by atoms with Gasteiger partial charge in [0.1, 0.15) is 0 Å². The average Bonchev–Trinajstić information content (AvgIpc) is 3.67. The van der Waals surface area contributed by atoms with E-state index in [-0.39, 0.29) is 5.41 Å². The molecule has 0 saturated carbocycles. The molecule has 372 valence electrons. The maximum atomic E-state index is 3.83. The van der Waals surface area contributed by atoms with E-state index in [0.717, 1.165) is 31.3 Å². The largest absolute Gasteiger partial charge is 0.0955 e. The molecule has 9 aromatic carbocycles. The summed E-state index contributed by atoms with van der Waals surface area (Å²) >= 11 is 0. The van der Waals surface area contributed by atoms with E-state index in [9.17, 15) is 0 Å². The SMILES string of the molecule is C=C(C)c1ccccc1.CC/C=C(/C=C(\CCC)c1ccc(-c2ccc(C)cc2)cc1)c1ccccc1.CCCc1ccc(-c2ccc(-c3ccccc3)cc2)cc1.Cc1ccc2c(c1)C(C)(C)c1ccccc1-2. The lowest BCUT2D eigenvalue weighted by Crippen LogP contribution is -2.14. The van der Waals surface area contributed by atoms with Crippen LogP contribution in [0.5, 0.6) is 0 Å². The van der Waals surface area contributed by atoms with E-state index < -0.39 is 0 Å². The Morgan fingerprint density at radius 1 is 0.432 bits per heavy atom. The van der Waals surface area contributed by atoms with Crippen molar-refractivity contribution in [3.63, 3.8) is 0 Å². The minimum Gasteiger partial charge on any atom is -0.0955 e. The van der Waals surface area contributed by atoms with Crippen molar-refractivity contribution in [3.8, 4) is 44.5 Å². The molecule has 0 saturated heterocycles. The Bertz CT molecular complexity index is 3200. The van der Waals surface area contributed by atoms with Crippen LogP contribution in [-0.4, -0.2) is 0 Å². The molecule has 0 aromatic heterocycles. The monoisotopic (exact) mass is 965 g/mol. The minimum absolute atomic E-state index is 0.151. The van der Waals surface area contributed by atoms with Crippen molar-refractivity contribution in [2.24, 2.45) is 0 Å². The molecule has 9 aromatic rings. The molecule has 0 fully saturated rings. The van der Waals surface area contributed by atoms with Crippen molar-refractivity contribution in [1.82, 2.24) is 0 Å². The van der Waals surface area contributed by atoms with Crippen LogP contribution in [0.1, 0.15) is 112 Å². The zero-order chi connectivity index (χ0) is 52.3. The molecule has 0 aliphatic heterocycles. The molecule has 0 nitrogen and oxygen atoms in total. The van der Waals surface area contributed by atoms with Crippen LogP contribution in [0.3, 0.4) is 0 Å². The van der Waals surface area contributed by atoms with Crippen molar-refractivity contribution in [2.45, 2.75) is 92.9 Å². The summed E-state index contributed by atoms with van der Waals surface area (Å²) in [5.74, 6) is 0. The molecule has 0 heterocycles. The molecular weight excluding hydrogens is 889 g/mol. The summed E-state index contributed by atoms with van der Waals surface area (Å²) in [7, 11) is 0. The first-order chi connectivity index (χ1) is 36.0. The smallest absolute Gasteiger partial charge is 0.0158 e. The highest BCUT2D eigenvalue weighted by molar-refractivity contribution is 5.85. The number of hydrogen-bond donors (Lipinski definition) is 0. The van der Waals surface area contributed by atoms with Crippen molar-refractivity contribution in [2.75, 3.05) is 0 Å². The first-order valence-electron chi connectivity index (χ1n) is 26.8. The number of aryl methyl sites for hydroxylation is 3. The van der Waals surface area contributed by atoms with Gasteiger partial charge in [0.2, 0.25) is 0 Å². The van der Waals surface area contributed by atoms with Gasteiger partial charge in [0.15, 0.2) is 0 Å². The topological polar surface area (TPSA) is 0 Å². The van der Waals surface area contributed by atoms with Gasteiger partial charge >= 0.3 is 0 Å². The second kappa shape index (κ2) is 26.8. The van der Waals surface area contributed by atoms with Crippen molar-refractivity contribution < 1.29 is 0 Å². The molecule has 1 aliphatic carbocycles. The van der Waals surface area contributed by atoms with E-state index in [1.807, 2.05) is 25.1 Å².